The van der Waals surface area contributed by atoms with Crippen LogP contribution in [-0.2, 0) is 19.0 Å². The molecule has 1 aromatic heterocycles. The summed E-state index contributed by atoms with van der Waals surface area (Å²) in [5.74, 6) is 0.886. The maximum Gasteiger partial charge on any atom is 0.239 e. The fraction of sp³-hybridized carbons (Fsp3) is 0.769. The highest BCUT2D eigenvalue weighted by molar-refractivity contribution is 5.77. The van der Waals surface area contributed by atoms with E-state index in [-0.39, 0.29) is 24.5 Å². The highest BCUT2D eigenvalue weighted by Gasteiger charge is 2.40. The summed E-state index contributed by atoms with van der Waals surface area (Å²) in [7, 11) is 1.64. The van der Waals surface area contributed by atoms with E-state index in [4.69, 9.17) is 18.6 Å². The van der Waals surface area contributed by atoms with Gasteiger partial charge in [-0.05, 0) is 0 Å². The molecule has 1 amide bonds. The Morgan fingerprint density at radius 2 is 2.14 bits per heavy atom. The highest BCUT2D eigenvalue weighted by atomic mass is 16.7. The van der Waals surface area contributed by atoms with E-state index in [0.717, 1.165) is 0 Å². The quantitative estimate of drug-likeness (QED) is 0.796. The van der Waals surface area contributed by atoms with Crippen molar-refractivity contribution in [3.05, 3.63) is 11.8 Å². The molecule has 2 saturated heterocycles. The van der Waals surface area contributed by atoms with Gasteiger partial charge in [0.15, 0.2) is 6.29 Å². The maximum atomic E-state index is 12.5. The van der Waals surface area contributed by atoms with Gasteiger partial charge in [-0.2, -0.15) is 0 Å². The minimum Gasteiger partial charge on any atom is -0.423 e. The molecule has 8 heteroatoms. The minimum absolute atomic E-state index is 0.0310. The summed E-state index contributed by atoms with van der Waals surface area (Å²) in [6.07, 6.45) is 0.358. The number of carbonyl (C=O) groups excluding carboxylic acids is 1. The molecule has 2 aliphatic heterocycles. The minimum atomic E-state index is -0.454. The molecule has 1 aromatic rings. The molecule has 0 saturated carbocycles. The maximum absolute atomic E-state index is 12.5. The fourth-order valence-corrected chi connectivity index (χ4v) is 2.71. The molecule has 0 radical (unpaired) electrons. The average Bonchev–Trinajstić information content (AvgIpc) is 3.17. The number of ether oxygens (including phenoxy) is 3. The zero-order valence-corrected chi connectivity index (χ0v) is 12.2. The molecular weight excluding hydrogens is 278 g/mol. The summed E-state index contributed by atoms with van der Waals surface area (Å²) >= 11 is 0. The van der Waals surface area contributed by atoms with E-state index >= 15 is 0 Å². The van der Waals surface area contributed by atoms with Crippen LogP contribution >= 0.6 is 0 Å². The van der Waals surface area contributed by atoms with Gasteiger partial charge in [0.2, 0.25) is 17.7 Å². The second-order valence-electron chi connectivity index (χ2n) is 5.19. The van der Waals surface area contributed by atoms with E-state index < -0.39 is 6.29 Å². The summed E-state index contributed by atoms with van der Waals surface area (Å²) < 4.78 is 21.5. The number of carbonyl (C=O) groups is 1. The van der Waals surface area contributed by atoms with Crippen molar-refractivity contribution in [1.29, 1.82) is 0 Å². The standard InChI is InChI=1S/C13H19N3O5/c1-8-14-15-13(21-8)10-5-9(18-2)7-16(10)11(17)6-12-19-3-4-20-12/h9-10,12H,3-7H2,1-2H3/t9-,10+/m0/s1. The summed E-state index contributed by atoms with van der Waals surface area (Å²) in [6.45, 7) is 3.30. The van der Waals surface area contributed by atoms with Gasteiger partial charge < -0.3 is 23.5 Å². The smallest absolute Gasteiger partial charge is 0.239 e. The monoisotopic (exact) mass is 297 g/mol. The van der Waals surface area contributed by atoms with Crippen molar-refractivity contribution in [3.8, 4) is 0 Å². The molecule has 2 atom stereocenters. The predicted octanol–water partition coefficient (Wildman–Crippen LogP) is 0.429. The summed E-state index contributed by atoms with van der Waals surface area (Å²) in [5.41, 5.74) is 0. The molecule has 2 aliphatic rings. The van der Waals surface area contributed by atoms with Gasteiger partial charge in [0.05, 0.1) is 25.7 Å². The third kappa shape index (κ3) is 3.07. The number of amides is 1. The van der Waals surface area contributed by atoms with Crippen LogP contribution in [0.2, 0.25) is 0 Å². The lowest BCUT2D eigenvalue weighted by Gasteiger charge is -2.22. The summed E-state index contributed by atoms with van der Waals surface area (Å²) in [4.78, 5) is 14.2. The number of rotatable bonds is 4. The van der Waals surface area contributed by atoms with E-state index in [1.54, 1.807) is 18.9 Å². The first kappa shape index (κ1) is 14.4. The number of hydrogen-bond acceptors (Lipinski definition) is 7. The first-order valence-corrected chi connectivity index (χ1v) is 7.03. The Hall–Kier alpha value is -1.51. The van der Waals surface area contributed by atoms with E-state index in [2.05, 4.69) is 10.2 Å². The molecule has 0 unspecified atom stereocenters. The molecule has 0 aliphatic carbocycles. The van der Waals surface area contributed by atoms with E-state index in [9.17, 15) is 4.79 Å². The van der Waals surface area contributed by atoms with Crippen LogP contribution in [0.3, 0.4) is 0 Å². The normalized spacial score (nSPS) is 26.7. The Kier molecular flexibility index (Phi) is 4.18. The van der Waals surface area contributed by atoms with Gasteiger partial charge >= 0.3 is 0 Å². The van der Waals surface area contributed by atoms with E-state index in [1.807, 2.05) is 0 Å². The molecule has 0 N–H and O–H groups in total. The lowest BCUT2D eigenvalue weighted by atomic mass is 10.2. The third-order valence-corrected chi connectivity index (χ3v) is 3.78. The topological polar surface area (TPSA) is 86.9 Å². The summed E-state index contributed by atoms with van der Waals surface area (Å²) in [6, 6.07) is -0.245. The van der Waals surface area contributed by atoms with Gasteiger partial charge in [-0.3, -0.25) is 4.79 Å². The molecule has 0 aromatic carbocycles. The van der Waals surface area contributed by atoms with E-state index in [1.165, 1.54) is 0 Å². The Bertz CT molecular complexity index is 500. The predicted molar refractivity (Wildman–Crippen MR) is 69.2 cm³/mol. The van der Waals surface area contributed by atoms with Crippen molar-refractivity contribution >= 4 is 5.91 Å². The molecule has 116 valence electrons. The Labute approximate surface area is 122 Å². The van der Waals surface area contributed by atoms with Crippen LogP contribution in [0.5, 0.6) is 0 Å². The lowest BCUT2D eigenvalue weighted by molar-refractivity contribution is -0.141. The molecule has 21 heavy (non-hydrogen) atoms. The first-order valence-electron chi connectivity index (χ1n) is 7.03. The molecule has 2 fully saturated rings. The van der Waals surface area contributed by atoms with Gasteiger partial charge in [-0.1, -0.05) is 0 Å². The molecule has 0 bridgehead atoms. The van der Waals surface area contributed by atoms with Crippen LogP contribution in [-0.4, -0.2) is 60.3 Å². The number of nitrogens with zero attached hydrogens (tertiary/aromatic N) is 3. The zero-order chi connectivity index (χ0) is 14.8. The number of aryl methyl sites for hydroxylation is 1. The van der Waals surface area contributed by atoms with E-state index in [0.29, 0.717) is 38.0 Å². The largest absolute Gasteiger partial charge is 0.423 e. The van der Waals surface area contributed by atoms with Crippen LogP contribution in [0, 0.1) is 6.92 Å². The van der Waals surface area contributed by atoms with Gasteiger partial charge in [-0.25, -0.2) is 0 Å². The van der Waals surface area contributed by atoms with Crippen LogP contribution < -0.4 is 0 Å². The van der Waals surface area contributed by atoms with Crippen LogP contribution in [0.4, 0.5) is 0 Å². The Morgan fingerprint density at radius 3 is 2.76 bits per heavy atom. The van der Waals surface area contributed by atoms with Gasteiger partial charge in [0.1, 0.15) is 6.04 Å². The molecule has 0 spiro atoms. The zero-order valence-electron chi connectivity index (χ0n) is 12.2. The number of aromatic nitrogens is 2. The van der Waals surface area contributed by atoms with Crippen molar-refractivity contribution in [2.45, 2.75) is 38.2 Å². The van der Waals surface area contributed by atoms with Crippen molar-refractivity contribution in [1.82, 2.24) is 15.1 Å². The molecular formula is C13H19N3O5. The Morgan fingerprint density at radius 1 is 1.38 bits per heavy atom. The number of methoxy groups -OCH3 is 1. The highest BCUT2D eigenvalue weighted by Crippen LogP contribution is 2.33. The van der Waals surface area contributed by atoms with Crippen molar-refractivity contribution in [3.63, 3.8) is 0 Å². The SMILES string of the molecule is CO[C@H]1C[C@H](c2nnc(C)o2)N(C(=O)CC2OCCO2)C1. The number of hydrogen-bond donors (Lipinski definition) is 0. The van der Waals surface area contributed by atoms with Crippen LogP contribution in [0.15, 0.2) is 4.42 Å². The number of likely N-dealkylation sites (tertiary alicyclic amines) is 1. The van der Waals surface area contributed by atoms with Crippen LogP contribution in [0.1, 0.15) is 30.7 Å². The van der Waals surface area contributed by atoms with Gasteiger partial charge in [0, 0.05) is 27.0 Å². The van der Waals surface area contributed by atoms with Crippen LogP contribution in [0.25, 0.3) is 0 Å². The Balaban J connectivity index is 1.72. The lowest BCUT2D eigenvalue weighted by Crippen LogP contribution is -2.34. The second kappa shape index (κ2) is 6.08. The van der Waals surface area contributed by atoms with Crippen molar-refractivity contribution < 1.29 is 23.4 Å². The van der Waals surface area contributed by atoms with Gasteiger partial charge in [0.25, 0.3) is 0 Å². The average molecular weight is 297 g/mol. The van der Waals surface area contributed by atoms with Crippen molar-refractivity contribution in [2.24, 2.45) is 0 Å². The molecule has 3 rings (SSSR count). The third-order valence-electron chi connectivity index (χ3n) is 3.78. The fourth-order valence-electron chi connectivity index (χ4n) is 2.71. The second-order valence-corrected chi connectivity index (χ2v) is 5.19. The first-order chi connectivity index (χ1) is 10.2. The molecule has 8 nitrogen and oxygen atoms in total. The van der Waals surface area contributed by atoms with Gasteiger partial charge in [-0.15, -0.1) is 10.2 Å². The summed E-state index contributed by atoms with van der Waals surface area (Å²) in [5, 5.41) is 7.87. The molecule has 3 heterocycles. The van der Waals surface area contributed by atoms with Crippen molar-refractivity contribution in [2.75, 3.05) is 26.9 Å².